The van der Waals surface area contributed by atoms with Crippen LogP contribution < -0.4 is 5.56 Å². The maximum atomic E-state index is 12.7. The summed E-state index contributed by atoms with van der Waals surface area (Å²) in [5.41, 5.74) is 1.86. The van der Waals surface area contributed by atoms with Crippen LogP contribution in [0.5, 0.6) is 0 Å². The maximum absolute atomic E-state index is 12.7. The van der Waals surface area contributed by atoms with Gasteiger partial charge in [-0.3, -0.25) is 19.4 Å². The number of carbonyl (C=O) groups is 1. The van der Waals surface area contributed by atoms with Crippen molar-refractivity contribution in [2.45, 2.75) is 45.9 Å². The number of hydrogen-bond acceptors (Lipinski definition) is 6. The molecule has 0 saturated carbocycles. The van der Waals surface area contributed by atoms with Gasteiger partial charge in [-0.2, -0.15) is 14.6 Å². The summed E-state index contributed by atoms with van der Waals surface area (Å²) in [7, 11) is 0. The van der Waals surface area contributed by atoms with Gasteiger partial charge in [0.05, 0.1) is 37.0 Å². The van der Waals surface area contributed by atoms with Crippen LogP contribution in [0, 0.1) is 6.92 Å². The molecule has 4 rings (SSSR count). The number of fused-ring (bicyclic) bond motifs is 2. The lowest BCUT2D eigenvalue weighted by molar-refractivity contribution is -0.132. The zero-order valence-corrected chi connectivity index (χ0v) is 15.2. The van der Waals surface area contributed by atoms with Crippen molar-refractivity contribution in [2.75, 3.05) is 6.54 Å². The lowest BCUT2D eigenvalue weighted by Gasteiger charge is -2.27. The van der Waals surface area contributed by atoms with Gasteiger partial charge in [-0.1, -0.05) is 6.92 Å². The van der Waals surface area contributed by atoms with E-state index in [1.807, 2.05) is 17.7 Å². The molecular weight excluding hydrogens is 350 g/mol. The van der Waals surface area contributed by atoms with Gasteiger partial charge in [0.2, 0.25) is 5.91 Å². The molecule has 1 aliphatic rings. The molecule has 1 amide bonds. The monoisotopic (exact) mass is 371 g/mol. The number of carbonyl (C=O) groups excluding carboxylic acids is 1. The van der Waals surface area contributed by atoms with E-state index >= 15 is 0 Å². The molecule has 1 atom stereocenters. The fourth-order valence-electron chi connectivity index (χ4n) is 3.24. The molecule has 10 heteroatoms. The molecule has 2 N–H and O–H groups in total. The van der Waals surface area contributed by atoms with Crippen molar-refractivity contribution in [3.8, 4) is 0 Å². The first-order valence-corrected chi connectivity index (χ1v) is 8.92. The summed E-state index contributed by atoms with van der Waals surface area (Å²) >= 11 is 0. The van der Waals surface area contributed by atoms with Gasteiger partial charge < -0.3 is 10.0 Å². The number of aryl methyl sites for hydroxylation is 1. The summed E-state index contributed by atoms with van der Waals surface area (Å²) in [4.78, 5) is 34.8. The topological polar surface area (TPSA) is 121 Å². The third-order valence-corrected chi connectivity index (χ3v) is 4.72. The van der Waals surface area contributed by atoms with Gasteiger partial charge in [-0.15, -0.1) is 0 Å². The van der Waals surface area contributed by atoms with E-state index in [2.05, 4.69) is 20.2 Å². The number of aromatic amines is 1. The second-order valence-corrected chi connectivity index (χ2v) is 6.74. The maximum Gasteiger partial charge on any atom is 0.274 e. The van der Waals surface area contributed by atoms with Gasteiger partial charge in [-0.05, 0) is 19.4 Å². The zero-order valence-electron chi connectivity index (χ0n) is 15.2. The van der Waals surface area contributed by atoms with E-state index in [-0.39, 0.29) is 23.7 Å². The first-order valence-electron chi connectivity index (χ1n) is 8.92. The minimum atomic E-state index is -0.586. The van der Waals surface area contributed by atoms with E-state index in [0.717, 1.165) is 5.69 Å². The van der Waals surface area contributed by atoms with E-state index < -0.39 is 6.10 Å². The second kappa shape index (κ2) is 6.62. The van der Waals surface area contributed by atoms with Crippen molar-refractivity contribution in [3.63, 3.8) is 0 Å². The Labute approximate surface area is 154 Å². The number of hydrogen-bond donors (Lipinski definition) is 2. The summed E-state index contributed by atoms with van der Waals surface area (Å²) in [6, 6.07) is 3.26. The van der Waals surface area contributed by atoms with Crippen molar-refractivity contribution in [1.82, 2.24) is 34.3 Å². The number of aromatic nitrogens is 6. The van der Waals surface area contributed by atoms with Crippen molar-refractivity contribution in [2.24, 2.45) is 0 Å². The molecule has 3 aromatic heterocycles. The molecule has 1 unspecified atom stereocenters. The highest BCUT2D eigenvalue weighted by atomic mass is 16.3. The molecule has 0 aromatic carbocycles. The van der Waals surface area contributed by atoms with E-state index in [9.17, 15) is 14.7 Å². The lowest BCUT2D eigenvalue weighted by Crippen LogP contribution is -2.39. The standard InChI is InChI=1S/C17H21N7O3/c1-3-13(25)12-7-11-9-22(4-5-23(11)20-12)15(26)8-14-19-17-18-10(2)6-16(27)24(17)21-14/h6-7,13,25H,3-5,8-9H2,1-2H3,(H,18,19,21). The Balaban J connectivity index is 1.50. The minimum absolute atomic E-state index is 0.0560. The summed E-state index contributed by atoms with van der Waals surface area (Å²) in [5, 5.41) is 17.2. The van der Waals surface area contributed by atoms with Crippen molar-refractivity contribution in [3.05, 3.63) is 45.4 Å². The molecule has 3 aromatic rings. The molecule has 142 valence electrons. The van der Waals surface area contributed by atoms with Gasteiger partial charge >= 0.3 is 0 Å². The Hall–Kier alpha value is -3.01. The Bertz CT molecular complexity index is 1060. The van der Waals surface area contributed by atoms with E-state index in [4.69, 9.17) is 0 Å². The molecule has 0 radical (unpaired) electrons. The summed E-state index contributed by atoms with van der Waals surface area (Å²) in [6.07, 6.45) is 0.0652. The summed E-state index contributed by atoms with van der Waals surface area (Å²) in [6.45, 7) is 5.17. The van der Waals surface area contributed by atoms with Crippen LogP contribution in [0.2, 0.25) is 0 Å². The predicted octanol–water partition coefficient (Wildman–Crippen LogP) is -0.0492. The van der Waals surface area contributed by atoms with Crippen LogP contribution in [0.3, 0.4) is 0 Å². The van der Waals surface area contributed by atoms with Crippen LogP contribution in [0.15, 0.2) is 16.9 Å². The molecule has 0 spiro atoms. The molecule has 1 aliphatic heterocycles. The van der Waals surface area contributed by atoms with Crippen molar-refractivity contribution >= 4 is 11.7 Å². The molecular formula is C17H21N7O3. The highest BCUT2D eigenvalue weighted by Gasteiger charge is 2.24. The fraction of sp³-hybridized carbons (Fsp3) is 0.471. The third-order valence-electron chi connectivity index (χ3n) is 4.72. The van der Waals surface area contributed by atoms with Crippen LogP contribution in [-0.4, -0.2) is 51.8 Å². The number of nitrogens with zero attached hydrogens (tertiary/aromatic N) is 6. The van der Waals surface area contributed by atoms with Gasteiger partial charge in [0.1, 0.15) is 5.82 Å². The molecule has 0 aliphatic carbocycles. The van der Waals surface area contributed by atoms with Gasteiger partial charge in [0.15, 0.2) is 0 Å². The van der Waals surface area contributed by atoms with Gasteiger partial charge in [0, 0.05) is 18.3 Å². The SMILES string of the molecule is CCC(O)c1cc2n(n1)CCN(C(=O)Cc1nc3nc(C)cc(=O)n3[nH]1)C2. The highest BCUT2D eigenvalue weighted by Crippen LogP contribution is 2.20. The van der Waals surface area contributed by atoms with Crippen LogP contribution in [-0.2, 0) is 24.3 Å². The first kappa shape index (κ1) is 17.4. The molecule has 0 bridgehead atoms. The summed E-state index contributed by atoms with van der Waals surface area (Å²) in [5.74, 6) is 0.568. The zero-order chi connectivity index (χ0) is 19.1. The molecule has 27 heavy (non-hydrogen) atoms. The van der Waals surface area contributed by atoms with Crippen LogP contribution in [0.25, 0.3) is 5.78 Å². The first-order chi connectivity index (χ1) is 12.9. The molecule has 0 fully saturated rings. The Morgan fingerprint density at radius 2 is 2.15 bits per heavy atom. The largest absolute Gasteiger partial charge is 0.387 e. The minimum Gasteiger partial charge on any atom is -0.387 e. The lowest BCUT2D eigenvalue weighted by atomic mass is 10.2. The Morgan fingerprint density at radius 3 is 2.93 bits per heavy atom. The quantitative estimate of drug-likeness (QED) is 0.663. The number of aliphatic hydroxyl groups excluding tert-OH is 1. The molecule has 10 nitrogen and oxygen atoms in total. The second-order valence-electron chi connectivity index (χ2n) is 6.74. The average Bonchev–Trinajstić information content (AvgIpc) is 3.23. The highest BCUT2D eigenvalue weighted by molar-refractivity contribution is 5.78. The fourth-order valence-corrected chi connectivity index (χ4v) is 3.24. The molecule has 0 saturated heterocycles. The Morgan fingerprint density at radius 1 is 1.33 bits per heavy atom. The smallest absolute Gasteiger partial charge is 0.274 e. The van der Waals surface area contributed by atoms with E-state index in [1.165, 1.54) is 10.6 Å². The number of rotatable bonds is 4. The van der Waals surface area contributed by atoms with Gasteiger partial charge in [0.25, 0.3) is 11.3 Å². The van der Waals surface area contributed by atoms with Crippen LogP contribution >= 0.6 is 0 Å². The number of nitrogens with one attached hydrogen (secondary N) is 1. The number of amides is 1. The Kier molecular flexibility index (Phi) is 4.27. The van der Waals surface area contributed by atoms with Crippen molar-refractivity contribution < 1.29 is 9.90 Å². The summed E-state index contributed by atoms with van der Waals surface area (Å²) < 4.78 is 3.07. The van der Waals surface area contributed by atoms with Gasteiger partial charge in [-0.25, -0.2) is 4.98 Å². The van der Waals surface area contributed by atoms with E-state index in [0.29, 0.717) is 43.3 Å². The molecule has 4 heterocycles. The number of aliphatic hydroxyl groups is 1. The normalized spacial score (nSPS) is 15.1. The number of H-pyrrole nitrogens is 1. The van der Waals surface area contributed by atoms with Crippen LogP contribution in [0.1, 0.15) is 42.4 Å². The van der Waals surface area contributed by atoms with Crippen molar-refractivity contribution in [1.29, 1.82) is 0 Å². The predicted molar refractivity (Wildman–Crippen MR) is 94.9 cm³/mol. The third kappa shape index (κ3) is 3.23. The average molecular weight is 371 g/mol. The van der Waals surface area contributed by atoms with E-state index in [1.54, 1.807) is 11.8 Å². The van der Waals surface area contributed by atoms with Crippen LogP contribution in [0.4, 0.5) is 0 Å².